The highest BCUT2D eigenvalue weighted by molar-refractivity contribution is 5.88. The van der Waals surface area contributed by atoms with Gasteiger partial charge in [-0.25, -0.2) is 0 Å². The van der Waals surface area contributed by atoms with Crippen LogP contribution in [0.3, 0.4) is 0 Å². The fraction of sp³-hybridized carbons (Fsp3) is 0.769. The van der Waals surface area contributed by atoms with Gasteiger partial charge >= 0.3 is 0 Å². The minimum atomic E-state index is -0.693. The van der Waals surface area contributed by atoms with E-state index in [9.17, 15) is 9.90 Å². The van der Waals surface area contributed by atoms with Crippen LogP contribution in [0.5, 0.6) is 0 Å². The van der Waals surface area contributed by atoms with Gasteiger partial charge in [-0.2, -0.15) is 4.98 Å². The summed E-state index contributed by atoms with van der Waals surface area (Å²) in [6.07, 6.45) is 2.92. The van der Waals surface area contributed by atoms with Crippen LogP contribution < -0.4 is 5.73 Å². The maximum absolute atomic E-state index is 10.9. The lowest BCUT2D eigenvalue weighted by atomic mass is 9.82. The summed E-state index contributed by atoms with van der Waals surface area (Å²) in [7, 11) is 0. The fourth-order valence-electron chi connectivity index (χ4n) is 3.09. The van der Waals surface area contributed by atoms with Gasteiger partial charge in [0.1, 0.15) is 0 Å². The normalized spacial score (nSPS) is 26.0. The number of aliphatic hydroxyl groups excluding tert-OH is 1. The number of primary amides is 1. The van der Waals surface area contributed by atoms with E-state index in [2.05, 4.69) is 15.0 Å². The average molecular weight is 296 g/mol. The number of carbonyl (C=O) groups excluding carboxylic acids is 1. The second kappa shape index (κ2) is 5.70. The molecule has 2 aliphatic rings. The van der Waals surface area contributed by atoms with Crippen molar-refractivity contribution >= 4 is 5.91 Å². The van der Waals surface area contributed by atoms with Gasteiger partial charge < -0.3 is 20.1 Å². The van der Waals surface area contributed by atoms with Gasteiger partial charge in [0.05, 0.1) is 18.2 Å². The summed E-state index contributed by atoms with van der Waals surface area (Å²) in [6, 6.07) is 0. The number of likely N-dealkylation sites (tertiary alicyclic amines) is 1. The largest absolute Gasteiger partial charge is 0.390 e. The van der Waals surface area contributed by atoms with Crippen molar-refractivity contribution in [3.05, 3.63) is 11.7 Å². The Morgan fingerprint density at radius 1 is 1.48 bits per heavy atom. The first kappa shape index (κ1) is 14.4. The van der Waals surface area contributed by atoms with Gasteiger partial charge in [-0.3, -0.25) is 9.69 Å². The standard InChI is InChI=1S/C13H20N4O4/c14-11(19)12-15-10(21-16-12)8-17-5-3-13(4-6-17)9(18)2-1-7-20-13/h9,18H,1-8H2,(H2,14,19)/t9-/m1/s1. The lowest BCUT2D eigenvalue weighted by molar-refractivity contribution is -0.177. The summed E-state index contributed by atoms with van der Waals surface area (Å²) in [5.74, 6) is -0.407. The smallest absolute Gasteiger partial charge is 0.290 e. The SMILES string of the molecule is NC(=O)c1noc(CN2CCC3(CC2)OCCC[C@H]3O)n1. The highest BCUT2D eigenvalue weighted by Gasteiger charge is 2.43. The van der Waals surface area contributed by atoms with Gasteiger partial charge in [-0.1, -0.05) is 5.16 Å². The molecule has 3 heterocycles. The van der Waals surface area contributed by atoms with Crippen molar-refractivity contribution in [2.24, 2.45) is 5.73 Å². The Bertz CT molecular complexity index is 510. The molecule has 116 valence electrons. The number of hydrogen-bond donors (Lipinski definition) is 2. The zero-order valence-electron chi connectivity index (χ0n) is 11.8. The molecule has 3 N–H and O–H groups in total. The van der Waals surface area contributed by atoms with Crippen LogP contribution >= 0.6 is 0 Å². The molecular weight excluding hydrogens is 276 g/mol. The van der Waals surface area contributed by atoms with E-state index < -0.39 is 5.91 Å². The van der Waals surface area contributed by atoms with Crippen LogP contribution in [0.1, 0.15) is 42.2 Å². The van der Waals surface area contributed by atoms with Crippen molar-refractivity contribution in [1.82, 2.24) is 15.0 Å². The lowest BCUT2D eigenvalue weighted by Crippen LogP contribution is -2.55. The molecule has 21 heavy (non-hydrogen) atoms. The number of piperidine rings is 1. The Morgan fingerprint density at radius 3 is 2.86 bits per heavy atom. The number of ether oxygens (including phenoxy) is 1. The maximum Gasteiger partial charge on any atom is 0.290 e. The molecule has 2 fully saturated rings. The van der Waals surface area contributed by atoms with Gasteiger partial charge in [0.2, 0.25) is 5.89 Å². The van der Waals surface area contributed by atoms with E-state index in [0.717, 1.165) is 45.4 Å². The summed E-state index contributed by atoms with van der Waals surface area (Å²) in [6.45, 7) is 2.77. The summed E-state index contributed by atoms with van der Waals surface area (Å²) in [4.78, 5) is 17.0. The first-order valence-electron chi connectivity index (χ1n) is 7.26. The second-order valence-corrected chi connectivity index (χ2v) is 5.72. The van der Waals surface area contributed by atoms with E-state index in [-0.39, 0.29) is 17.5 Å². The molecule has 0 aromatic carbocycles. The molecule has 1 amide bonds. The molecule has 0 aliphatic carbocycles. The van der Waals surface area contributed by atoms with Crippen LogP contribution in [0, 0.1) is 0 Å². The highest BCUT2D eigenvalue weighted by Crippen LogP contribution is 2.35. The van der Waals surface area contributed by atoms with Gasteiger partial charge in [-0.05, 0) is 25.7 Å². The van der Waals surface area contributed by atoms with Crippen LogP contribution in [-0.2, 0) is 11.3 Å². The zero-order valence-corrected chi connectivity index (χ0v) is 11.8. The zero-order chi connectivity index (χ0) is 14.9. The second-order valence-electron chi connectivity index (χ2n) is 5.72. The van der Waals surface area contributed by atoms with Crippen molar-refractivity contribution in [3.8, 4) is 0 Å². The summed E-state index contributed by atoms with van der Waals surface area (Å²) < 4.78 is 10.9. The lowest BCUT2D eigenvalue weighted by Gasteiger charge is -2.46. The number of amides is 1. The Hall–Kier alpha value is -1.51. The van der Waals surface area contributed by atoms with Crippen molar-refractivity contribution in [1.29, 1.82) is 0 Å². The number of aromatic nitrogens is 2. The quantitative estimate of drug-likeness (QED) is 0.785. The van der Waals surface area contributed by atoms with Crippen LogP contribution in [-0.4, -0.2) is 57.5 Å². The van der Waals surface area contributed by atoms with Gasteiger partial charge in [0.25, 0.3) is 11.7 Å². The molecule has 1 aromatic heterocycles. The Morgan fingerprint density at radius 2 is 2.24 bits per heavy atom. The van der Waals surface area contributed by atoms with Crippen LogP contribution in [0.2, 0.25) is 0 Å². The Balaban J connectivity index is 1.56. The van der Waals surface area contributed by atoms with E-state index >= 15 is 0 Å². The highest BCUT2D eigenvalue weighted by atomic mass is 16.5. The molecular formula is C13H20N4O4. The van der Waals surface area contributed by atoms with E-state index in [1.165, 1.54) is 0 Å². The van der Waals surface area contributed by atoms with Crippen LogP contribution in [0.25, 0.3) is 0 Å². The van der Waals surface area contributed by atoms with E-state index in [0.29, 0.717) is 12.4 Å². The Labute approximate surface area is 122 Å². The molecule has 2 aliphatic heterocycles. The van der Waals surface area contributed by atoms with E-state index in [4.69, 9.17) is 15.0 Å². The summed E-state index contributed by atoms with van der Waals surface area (Å²) >= 11 is 0. The third kappa shape index (κ3) is 2.92. The third-order valence-electron chi connectivity index (χ3n) is 4.37. The minimum Gasteiger partial charge on any atom is -0.390 e. The number of carbonyl (C=O) groups is 1. The number of rotatable bonds is 3. The average Bonchev–Trinajstić information content (AvgIpc) is 2.94. The first-order chi connectivity index (χ1) is 10.1. The van der Waals surface area contributed by atoms with E-state index in [1.807, 2.05) is 0 Å². The molecule has 1 atom stereocenters. The maximum atomic E-state index is 10.9. The molecule has 1 spiro atoms. The van der Waals surface area contributed by atoms with Crippen molar-refractivity contribution in [3.63, 3.8) is 0 Å². The fourth-order valence-corrected chi connectivity index (χ4v) is 3.09. The third-order valence-corrected chi connectivity index (χ3v) is 4.37. The van der Waals surface area contributed by atoms with Crippen molar-refractivity contribution in [2.45, 2.75) is 43.9 Å². The van der Waals surface area contributed by atoms with E-state index in [1.54, 1.807) is 0 Å². The van der Waals surface area contributed by atoms with Gasteiger partial charge in [0, 0.05) is 19.7 Å². The van der Waals surface area contributed by atoms with Crippen molar-refractivity contribution < 1.29 is 19.2 Å². The minimum absolute atomic E-state index is 0.0930. The predicted octanol–water partition coefficient (Wildman–Crippen LogP) is -0.326. The Kier molecular flexibility index (Phi) is 3.92. The summed E-state index contributed by atoms with van der Waals surface area (Å²) in [5, 5.41) is 13.7. The van der Waals surface area contributed by atoms with Crippen molar-refractivity contribution in [2.75, 3.05) is 19.7 Å². The predicted molar refractivity (Wildman–Crippen MR) is 71.3 cm³/mol. The molecule has 1 aromatic rings. The molecule has 0 saturated carbocycles. The molecule has 2 saturated heterocycles. The summed E-state index contributed by atoms with van der Waals surface area (Å²) in [5.41, 5.74) is 4.70. The number of nitrogens with zero attached hydrogens (tertiary/aromatic N) is 3. The molecule has 0 bridgehead atoms. The molecule has 0 unspecified atom stereocenters. The number of aliphatic hydroxyl groups is 1. The number of hydrogen-bond acceptors (Lipinski definition) is 7. The molecule has 8 heteroatoms. The monoisotopic (exact) mass is 296 g/mol. The molecule has 3 rings (SSSR count). The number of nitrogens with two attached hydrogens (primary N) is 1. The van der Waals surface area contributed by atoms with Crippen LogP contribution in [0.15, 0.2) is 4.52 Å². The van der Waals surface area contributed by atoms with Gasteiger partial charge in [-0.15, -0.1) is 0 Å². The molecule has 0 radical (unpaired) electrons. The topological polar surface area (TPSA) is 115 Å². The first-order valence-corrected chi connectivity index (χ1v) is 7.26. The molecule has 8 nitrogen and oxygen atoms in total. The van der Waals surface area contributed by atoms with Crippen LogP contribution in [0.4, 0.5) is 0 Å². The van der Waals surface area contributed by atoms with Gasteiger partial charge in [0.15, 0.2) is 0 Å².